The molecule has 36 heavy (non-hydrogen) atoms. The number of aliphatic hydroxyl groups is 8. The first kappa shape index (κ1) is 28.9. The number of hydrogen-bond acceptors (Lipinski definition) is 10. The van der Waals surface area contributed by atoms with Crippen molar-refractivity contribution >= 4 is 12.2 Å². The van der Waals surface area contributed by atoms with Crippen LogP contribution in [0.4, 0.5) is 0 Å². The van der Waals surface area contributed by atoms with Crippen molar-refractivity contribution in [1.29, 1.82) is 0 Å². The summed E-state index contributed by atoms with van der Waals surface area (Å²) in [6.07, 6.45) is -3.54. The molecule has 0 unspecified atom stereocenters. The number of ether oxygens (including phenoxy) is 2. The largest absolute Gasteiger partial charge is 0.394 e. The summed E-state index contributed by atoms with van der Waals surface area (Å²) in [6.45, 7) is 2.98. The Morgan fingerprint density at radius 1 is 0.611 bits per heavy atom. The zero-order chi connectivity index (χ0) is 26.6. The van der Waals surface area contributed by atoms with Crippen molar-refractivity contribution in [3.63, 3.8) is 0 Å². The minimum Gasteiger partial charge on any atom is -0.394 e. The van der Waals surface area contributed by atoms with E-state index in [1.54, 1.807) is 6.08 Å². The van der Waals surface area contributed by atoms with Crippen LogP contribution in [-0.2, 0) is 9.47 Å². The van der Waals surface area contributed by atoms with E-state index in [1.807, 2.05) is 44.2 Å². The van der Waals surface area contributed by atoms with E-state index >= 15 is 0 Å². The van der Waals surface area contributed by atoms with Crippen molar-refractivity contribution in [3.8, 4) is 0 Å². The Hall–Kier alpha value is -1.70. The SMILES string of the molecule is Cc1cc(C=CC[C@H]2O[C@H](CO)[C@@H](O)[C@H](O)[C@@H]2O)cc(C)c1C=CC[C@H]1O[C@H](CO)[C@@H](O)[C@H](O)[C@@H]1O. The predicted octanol–water partition coefficient (Wildman–Crippen LogP) is -1.21. The molecular weight excluding hydrogens is 472 g/mol. The average molecular weight is 511 g/mol. The molecule has 2 heterocycles. The van der Waals surface area contributed by atoms with E-state index in [-0.39, 0.29) is 12.8 Å². The third-order valence-corrected chi connectivity index (χ3v) is 6.93. The number of hydrogen-bond donors (Lipinski definition) is 8. The van der Waals surface area contributed by atoms with E-state index in [0.29, 0.717) is 0 Å². The van der Waals surface area contributed by atoms with Crippen molar-refractivity contribution in [3.05, 3.63) is 46.5 Å². The average Bonchev–Trinajstić information content (AvgIpc) is 2.85. The maximum absolute atomic E-state index is 10.2. The van der Waals surface area contributed by atoms with E-state index in [2.05, 4.69) is 0 Å². The lowest BCUT2D eigenvalue weighted by molar-refractivity contribution is -0.227. The first-order chi connectivity index (χ1) is 17.1. The summed E-state index contributed by atoms with van der Waals surface area (Å²) in [4.78, 5) is 0. The molecule has 202 valence electrons. The summed E-state index contributed by atoms with van der Waals surface area (Å²) in [6, 6.07) is 3.95. The van der Waals surface area contributed by atoms with Crippen LogP contribution in [0.1, 0.15) is 35.1 Å². The second-order valence-electron chi connectivity index (χ2n) is 9.58. The van der Waals surface area contributed by atoms with Crippen molar-refractivity contribution in [2.24, 2.45) is 0 Å². The van der Waals surface area contributed by atoms with Crippen molar-refractivity contribution in [1.82, 2.24) is 0 Å². The molecule has 1 aromatic carbocycles. The second kappa shape index (κ2) is 12.7. The highest BCUT2D eigenvalue weighted by atomic mass is 16.5. The van der Waals surface area contributed by atoms with Gasteiger partial charge in [-0.2, -0.15) is 0 Å². The monoisotopic (exact) mass is 510 g/mol. The first-order valence-electron chi connectivity index (χ1n) is 12.1. The van der Waals surface area contributed by atoms with Crippen LogP contribution >= 0.6 is 0 Å². The predicted molar refractivity (Wildman–Crippen MR) is 131 cm³/mol. The molecule has 1 aromatic rings. The zero-order valence-electron chi connectivity index (χ0n) is 20.5. The van der Waals surface area contributed by atoms with Gasteiger partial charge >= 0.3 is 0 Å². The van der Waals surface area contributed by atoms with Gasteiger partial charge in [-0.15, -0.1) is 0 Å². The summed E-state index contributed by atoms with van der Waals surface area (Å²) in [5.41, 5.74) is 3.88. The zero-order valence-corrected chi connectivity index (χ0v) is 20.5. The fraction of sp³-hybridized carbons (Fsp3) is 0.615. The topological polar surface area (TPSA) is 180 Å². The molecular formula is C26H38O10. The third-order valence-electron chi connectivity index (χ3n) is 6.93. The molecule has 0 saturated carbocycles. The van der Waals surface area contributed by atoms with E-state index in [4.69, 9.17) is 9.47 Å². The van der Waals surface area contributed by atoms with E-state index in [9.17, 15) is 40.9 Å². The molecule has 2 saturated heterocycles. The summed E-state index contributed by atoms with van der Waals surface area (Å²) >= 11 is 0. The van der Waals surface area contributed by atoms with Gasteiger partial charge in [-0.25, -0.2) is 0 Å². The number of benzene rings is 1. The van der Waals surface area contributed by atoms with Crippen LogP contribution in [0, 0.1) is 13.8 Å². The third kappa shape index (κ3) is 6.40. The van der Waals surface area contributed by atoms with Gasteiger partial charge in [0.15, 0.2) is 0 Å². The molecule has 8 N–H and O–H groups in total. The van der Waals surface area contributed by atoms with Gasteiger partial charge in [0.2, 0.25) is 0 Å². The van der Waals surface area contributed by atoms with Gasteiger partial charge in [0.05, 0.1) is 25.4 Å². The second-order valence-corrected chi connectivity index (χ2v) is 9.58. The van der Waals surface area contributed by atoms with E-state index < -0.39 is 74.3 Å². The maximum atomic E-state index is 10.2. The highest BCUT2D eigenvalue weighted by molar-refractivity contribution is 5.63. The molecule has 0 spiro atoms. The quantitative estimate of drug-likeness (QED) is 0.212. The van der Waals surface area contributed by atoms with Crippen molar-refractivity contribution in [2.75, 3.05) is 13.2 Å². The first-order valence-corrected chi connectivity index (χ1v) is 12.1. The molecule has 2 aliphatic rings. The fourth-order valence-corrected chi connectivity index (χ4v) is 4.77. The Bertz CT molecular complexity index is 891. The number of aliphatic hydroxyl groups excluding tert-OH is 8. The Balaban J connectivity index is 1.62. The molecule has 0 bridgehead atoms. The highest BCUT2D eigenvalue weighted by Gasteiger charge is 2.43. The Morgan fingerprint density at radius 2 is 1.00 bits per heavy atom. The van der Waals surface area contributed by atoms with Crippen LogP contribution in [0.2, 0.25) is 0 Å². The fourth-order valence-electron chi connectivity index (χ4n) is 4.77. The lowest BCUT2D eigenvalue weighted by Crippen LogP contribution is -2.58. The van der Waals surface area contributed by atoms with Gasteiger partial charge < -0.3 is 50.3 Å². The van der Waals surface area contributed by atoms with Crippen molar-refractivity contribution in [2.45, 2.75) is 87.7 Å². The summed E-state index contributed by atoms with van der Waals surface area (Å²) < 4.78 is 11.1. The molecule has 10 nitrogen and oxygen atoms in total. The van der Waals surface area contributed by atoms with Crippen LogP contribution in [0.5, 0.6) is 0 Å². The molecule has 10 heteroatoms. The molecule has 3 rings (SSSR count). The number of rotatable bonds is 8. The molecule has 0 radical (unpaired) electrons. The lowest BCUT2D eigenvalue weighted by Gasteiger charge is -2.39. The maximum Gasteiger partial charge on any atom is 0.111 e. The van der Waals surface area contributed by atoms with Gasteiger partial charge in [0.25, 0.3) is 0 Å². The van der Waals surface area contributed by atoms with Gasteiger partial charge in [0.1, 0.15) is 48.8 Å². The van der Waals surface area contributed by atoms with Crippen LogP contribution in [0.3, 0.4) is 0 Å². The standard InChI is InChI=1S/C26H38O10/c1-13-9-15(5-3-7-17-21(29)25(33)23(31)19(11-27)35-17)10-14(2)16(13)6-4-8-18-22(30)26(34)24(32)20(12-28)36-18/h3-6,9-10,17-34H,7-8,11-12H2,1-2H3/t17-,18-,19-,20-,21-,22-,23-,24-,25-,26-/m1/s1. The summed E-state index contributed by atoms with van der Waals surface area (Å²) in [5, 5.41) is 78.7. The Morgan fingerprint density at radius 3 is 1.42 bits per heavy atom. The minimum absolute atomic E-state index is 0.278. The van der Waals surface area contributed by atoms with E-state index in [1.165, 1.54) is 0 Å². The van der Waals surface area contributed by atoms with Crippen LogP contribution in [-0.4, -0.2) is 115 Å². The normalized spacial score (nSPS) is 37.7. The summed E-state index contributed by atoms with van der Waals surface area (Å²) in [5.74, 6) is 0. The number of aryl methyl sites for hydroxylation is 2. The molecule has 2 fully saturated rings. The molecule has 2 aliphatic heterocycles. The Labute approximate surface area is 210 Å². The van der Waals surface area contributed by atoms with Crippen LogP contribution in [0.15, 0.2) is 24.3 Å². The van der Waals surface area contributed by atoms with Crippen LogP contribution < -0.4 is 0 Å². The van der Waals surface area contributed by atoms with Crippen LogP contribution in [0.25, 0.3) is 12.2 Å². The molecule has 0 aromatic heterocycles. The Kier molecular flexibility index (Phi) is 10.2. The van der Waals surface area contributed by atoms with Gasteiger partial charge in [0, 0.05) is 0 Å². The lowest BCUT2D eigenvalue weighted by atomic mass is 9.92. The van der Waals surface area contributed by atoms with Crippen molar-refractivity contribution < 1.29 is 50.3 Å². The van der Waals surface area contributed by atoms with Gasteiger partial charge in [-0.1, -0.05) is 36.4 Å². The van der Waals surface area contributed by atoms with Gasteiger partial charge in [-0.3, -0.25) is 0 Å². The molecule has 0 aliphatic carbocycles. The highest BCUT2D eigenvalue weighted by Crippen LogP contribution is 2.26. The smallest absolute Gasteiger partial charge is 0.111 e. The van der Waals surface area contributed by atoms with E-state index in [0.717, 1.165) is 22.3 Å². The molecule has 10 atom stereocenters. The van der Waals surface area contributed by atoms with Gasteiger partial charge in [-0.05, 0) is 48.9 Å². The molecule has 0 amide bonds. The summed E-state index contributed by atoms with van der Waals surface area (Å²) in [7, 11) is 0. The minimum atomic E-state index is -1.40.